The molecule has 0 bridgehead atoms. The van der Waals surface area contributed by atoms with E-state index in [1.165, 1.54) is 141 Å². The van der Waals surface area contributed by atoms with Crippen LogP contribution in [0.15, 0.2) is 47.6 Å². The maximum atomic E-state index is 6.93. The minimum absolute atomic E-state index is 0.172. The van der Waals surface area contributed by atoms with Crippen LogP contribution in [0.4, 0.5) is 0 Å². The Morgan fingerprint density at radius 2 is 1.63 bits per heavy atom. The van der Waals surface area contributed by atoms with Crippen molar-refractivity contribution in [3.8, 4) is 0 Å². The SMILES string of the molecule is NC(NC(CCN1C2CCCCC2C2CC(C3CC=CC(C4=CCCC=C4)C3)CCC21)C1=CCCCC1)C1CCCCC1. The van der Waals surface area contributed by atoms with Crippen molar-refractivity contribution in [1.29, 1.82) is 0 Å². The lowest BCUT2D eigenvalue weighted by molar-refractivity contribution is 0.0990. The van der Waals surface area contributed by atoms with E-state index in [-0.39, 0.29) is 6.17 Å². The molecule has 9 unspecified atom stereocenters. The minimum atomic E-state index is 0.172. The molecule has 43 heavy (non-hydrogen) atoms. The van der Waals surface area contributed by atoms with Gasteiger partial charge in [-0.2, -0.15) is 0 Å². The summed E-state index contributed by atoms with van der Waals surface area (Å²) in [6.07, 6.45) is 44.2. The average Bonchev–Trinajstić information content (AvgIpc) is 3.40. The van der Waals surface area contributed by atoms with Crippen LogP contribution in [0.2, 0.25) is 0 Å². The van der Waals surface area contributed by atoms with Crippen LogP contribution in [0.1, 0.15) is 135 Å². The largest absolute Gasteiger partial charge is 0.316 e. The summed E-state index contributed by atoms with van der Waals surface area (Å²) in [7, 11) is 0. The minimum Gasteiger partial charge on any atom is -0.316 e. The van der Waals surface area contributed by atoms with E-state index in [4.69, 9.17) is 5.73 Å². The Morgan fingerprint density at radius 1 is 0.767 bits per heavy atom. The third-order valence-corrected chi connectivity index (χ3v) is 13.6. The molecule has 238 valence electrons. The molecule has 3 heteroatoms. The van der Waals surface area contributed by atoms with E-state index in [2.05, 4.69) is 46.7 Å². The van der Waals surface area contributed by atoms with Crippen molar-refractivity contribution < 1.29 is 0 Å². The number of allylic oxidation sites excluding steroid dienone is 7. The highest BCUT2D eigenvalue weighted by atomic mass is 15.2. The fourth-order valence-corrected chi connectivity index (χ4v) is 11.3. The summed E-state index contributed by atoms with van der Waals surface area (Å²) in [5, 5.41) is 4.07. The van der Waals surface area contributed by atoms with Crippen LogP contribution < -0.4 is 11.1 Å². The zero-order valence-corrected chi connectivity index (χ0v) is 27.3. The number of rotatable bonds is 9. The molecule has 6 aliphatic carbocycles. The number of hydrogen-bond acceptors (Lipinski definition) is 3. The summed E-state index contributed by atoms with van der Waals surface area (Å²) < 4.78 is 0. The Hall–Kier alpha value is -1.16. The fraction of sp³-hybridized carbons (Fsp3) is 0.800. The molecule has 4 fully saturated rings. The van der Waals surface area contributed by atoms with Gasteiger partial charge >= 0.3 is 0 Å². The van der Waals surface area contributed by atoms with Crippen molar-refractivity contribution in [3.63, 3.8) is 0 Å². The molecule has 3 saturated carbocycles. The smallest absolute Gasteiger partial charge is 0.0580 e. The molecule has 7 rings (SSSR count). The molecule has 1 aliphatic heterocycles. The van der Waals surface area contributed by atoms with E-state index in [0.717, 1.165) is 35.8 Å². The van der Waals surface area contributed by atoms with E-state index < -0.39 is 0 Å². The standard InChI is InChI=1S/C40H63N3/c41-40(31-17-8-3-9-18-31)42-37(30-15-6-2-7-16-30)25-26-43-38-22-11-10-21-35(38)36-28-34(23-24-39(36)43)33-20-12-19-32(27-33)29-13-4-1-5-14-29/h4,12-15,19,31-40,42H,1-3,5-11,16-18,20-28,41H2. The van der Waals surface area contributed by atoms with Gasteiger partial charge in [-0.15, -0.1) is 0 Å². The highest BCUT2D eigenvalue weighted by Crippen LogP contribution is 2.53. The molecule has 0 aromatic carbocycles. The van der Waals surface area contributed by atoms with Gasteiger partial charge in [0.2, 0.25) is 0 Å². The Labute approximate surface area is 264 Å². The molecule has 0 spiro atoms. The fourth-order valence-electron chi connectivity index (χ4n) is 11.3. The Kier molecular flexibility index (Phi) is 10.3. The van der Waals surface area contributed by atoms with E-state index in [9.17, 15) is 0 Å². The third kappa shape index (κ3) is 7.00. The van der Waals surface area contributed by atoms with Gasteiger partial charge in [-0.25, -0.2) is 0 Å². The number of nitrogens with one attached hydrogen (secondary N) is 1. The van der Waals surface area contributed by atoms with E-state index in [0.29, 0.717) is 17.9 Å². The van der Waals surface area contributed by atoms with E-state index in [1.54, 1.807) is 11.1 Å². The second kappa shape index (κ2) is 14.5. The van der Waals surface area contributed by atoms with Crippen LogP contribution in [-0.2, 0) is 0 Å². The lowest BCUT2D eigenvalue weighted by Gasteiger charge is -2.42. The Morgan fingerprint density at radius 3 is 2.47 bits per heavy atom. The lowest BCUT2D eigenvalue weighted by Crippen LogP contribution is -2.51. The maximum absolute atomic E-state index is 6.93. The normalized spacial score (nSPS) is 38.6. The van der Waals surface area contributed by atoms with Gasteiger partial charge in [0.1, 0.15) is 0 Å². The van der Waals surface area contributed by atoms with Crippen LogP contribution in [-0.4, -0.2) is 35.7 Å². The molecular formula is C40H63N3. The van der Waals surface area contributed by atoms with Gasteiger partial charge in [-0.3, -0.25) is 10.2 Å². The monoisotopic (exact) mass is 586 g/mol. The second-order valence-electron chi connectivity index (χ2n) is 16.0. The summed E-state index contributed by atoms with van der Waals surface area (Å²) in [6, 6.07) is 2.19. The Balaban J connectivity index is 1.02. The van der Waals surface area contributed by atoms with Crippen molar-refractivity contribution >= 4 is 0 Å². The molecule has 0 aromatic rings. The van der Waals surface area contributed by atoms with Crippen molar-refractivity contribution in [2.75, 3.05) is 6.54 Å². The average molecular weight is 586 g/mol. The summed E-state index contributed by atoms with van der Waals surface area (Å²) in [6.45, 7) is 1.29. The molecule has 0 radical (unpaired) electrons. The van der Waals surface area contributed by atoms with E-state index >= 15 is 0 Å². The molecule has 0 amide bonds. The summed E-state index contributed by atoms with van der Waals surface area (Å²) in [4.78, 5) is 3.11. The molecule has 1 heterocycles. The highest BCUT2D eigenvalue weighted by Gasteiger charge is 2.51. The molecule has 9 atom stereocenters. The second-order valence-corrected chi connectivity index (χ2v) is 16.0. The van der Waals surface area contributed by atoms with Gasteiger partial charge in [0, 0.05) is 30.6 Å². The first kappa shape index (κ1) is 30.5. The number of likely N-dealkylation sites (tertiary alicyclic amines) is 1. The van der Waals surface area contributed by atoms with Crippen LogP contribution in [0, 0.1) is 35.5 Å². The highest BCUT2D eigenvalue weighted by molar-refractivity contribution is 5.29. The Bertz CT molecular complexity index is 1030. The summed E-state index contributed by atoms with van der Waals surface area (Å²) in [5.74, 6) is 5.11. The van der Waals surface area contributed by atoms with Crippen molar-refractivity contribution in [3.05, 3.63) is 47.6 Å². The van der Waals surface area contributed by atoms with Gasteiger partial charge in [-0.1, -0.05) is 74.1 Å². The first-order valence-electron chi connectivity index (χ1n) is 19.2. The quantitative estimate of drug-likeness (QED) is 0.209. The zero-order valence-electron chi connectivity index (χ0n) is 27.3. The van der Waals surface area contributed by atoms with Gasteiger partial charge in [0.15, 0.2) is 0 Å². The molecule has 7 aliphatic rings. The van der Waals surface area contributed by atoms with Crippen LogP contribution in [0.3, 0.4) is 0 Å². The molecular weight excluding hydrogens is 522 g/mol. The molecule has 3 nitrogen and oxygen atoms in total. The summed E-state index contributed by atoms with van der Waals surface area (Å²) in [5.41, 5.74) is 10.2. The van der Waals surface area contributed by atoms with Crippen molar-refractivity contribution in [2.45, 2.75) is 159 Å². The predicted octanol–water partition coefficient (Wildman–Crippen LogP) is 9.22. The van der Waals surface area contributed by atoms with Crippen LogP contribution >= 0.6 is 0 Å². The van der Waals surface area contributed by atoms with Crippen LogP contribution in [0.5, 0.6) is 0 Å². The third-order valence-electron chi connectivity index (χ3n) is 13.6. The predicted molar refractivity (Wildman–Crippen MR) is 182 cm³/mol. The number of nitrogens with zero attached hydrogens (tertiary/aromatic N) is 1. The van der Waals surface area contributed by atoms with Gasteiger partial charge in [0.25, 0.3) is 0 Å². The van der Waals surface area contributed by atoms with E-state index in [1.807, 2.05) is 0 Å². The van der Waals surface area contributed by atoms with Crippen LogP contribution in [0.25, 0.3) is 0 Å². The topological polar surface area (TPSA) is 41.3 Å². The molecule has 3 N–H and O–H groups in total. The first-order valence-corrected chi connectivity index (χ1v) is 19.2. The molecule has 1 saturated heterocycles. The maximum Gasteiger partial charge on any atom is 0.0580 e. The lowest BCUT2D eigenvalue weighted by atomic mass is 9.64. The molecule has 0 aromatic heterocycles. The zero-order chi connectivity index (χ0) is 29.0. The first-order chi connectivity index (χ1) is 21.2. The number of fused-ring (bicyclic) bond motifs is 3. The number of hydrogen-bond donors (Lipinski definition) is 2. The van der Waals surface area contributed by atoms with Crippen molar-refractivity contribution in [2.24, 2.45) is 41.2 Å². The number of nitrogens with two attached hydrogens (primary N) is 1. The van der Waals surface area contributed by atoms with Gasteiger partial charge in [0.05, 0.1) is 6.17 Å². The summed E-state index contributed by atoms with van der Waals surface area (Å²) >= 11 is 0. The van der Waals surface area contributed by atoms with Gasteiger partial charge in [-0.05, 0) is 138 Å². The van der Waals surface area contributed by atoms with Gasteiger partial charge < -0.3 is 5.73 Å². The van der Waals surface area contributed by atoms with Crippen molar-refractivity contribution in [1.82, 2.24) is 10.2 Å².